The van der Waals surface area contributed by atoms with Gasteiger partial charge in [0.25, 0.3) is 11.5 Å². The zero-order chi connectivity index (χ0) is 24.4. The standard InChI is InChI=1S/C25H30N6O3/c1-5-18-13-17(14-20-22(18)24(33)31(6-2)25(34)28-20)15-29-9-11-30(12-10-29)21-8-7-19(23(32)26-4)27-16(21)3/h5,7-8,13-14H,1,6,9-12,15H2,2-4H3,(H,26,32)(H,28,34). The van der Waals surface area contributed by atoms with Gasteiger partial charge in [-0.05, 0) is 49.2 Å². The van der Waals surface area contributed by atoms with Gasteiger partial charge in [-0.25, -0.2) is 9.78 Å². The summed E-state index contributed by atoms with van der Waals surface area (Å²) in [4.78, 5) is 48.8. The third kappa shape index (κ3) is 4.38. The lowest BCUT2D eigenvalue weighted by atomic mass is 10.0. The van der Waals surface area contributed by atoms with Crippen molar-refractivity contribution in [2.45, 2.75) is 26.9 Å². The first kappa shape index (κ1) is 23.4. The van der Waals surface area contributed by atoms with Crippen LogP contribution < -0.4 is 21.5 Å². The van der Waals surface area contributed by atoms with E-state index in [9.17, 15) is 14.4 Å². The number of nitrogens with zero attached hydrogens (tertiary/aromatic N) is 4. The van der Waals surface area contributed by atoms with Gasteiger partial charge in [-0.15, -0.1) is 0 Å². The molecule has 2 N–H and O–H groups in total. The number of rotatable bonds is 6. The Hall–Kier alpha value is -3.72. The normalized spacial score (nSPS) is 14.4. The number of anilines is 1. The Morgan fingerprint density at radius 1 is 1.21 bits per heavy atom. The van der Waals surface area contributed by atoms with Crippen LogP contribution in [0.5, 0.6) is 0 Å². The number of H-pyrrole nitrogens is 1. The summed E-state index contributed by atoms with van der Waals surface area (Å²) >= 11 is 0. The van der Waals surface area contributed by atoms with Crippen molar-refractivity contribution in [3.05, 3.63) is 74.2 Å². The molecule has 178 valence electrons. The molecule has 3 aromatic rings. The summed E-state index contributed by atoms with van der Waals surface area (Å²) in [5, 5.41) is 3.10. The molecule has 0 spiro atoms. The first-order chi connectivity index (χ1) is 16.4. The summed E-state index contributed by atoms with van der Waals surface area (Å²) in [7, 11) is 1.60. The molecule has 0 bridgehead atoms. The fourth-order valence-corrected chi connectivity index (χ4v) is 4.56. The molecule has 34 heavy (non-hydrogen) atoms. The van der Waals surface area contributed by atoms with E-state index in [0.717, 1.165) is 48.7 Å². The maximum Gasteiger partial charge on any atom is 0.328 e. The van der Waals surface area contributed by atoms with Crippen LogP contribution in [0.1, 0.15) is 34.2 Å². The molecule has 9 nitrogen and oxygen atoms in total. The van der Waals surface area contributed by atoms with Crippen molar-refractivity contribution >= 4 is 28.6 Å². The highest BCUT2D eigenvalue weighted by molar-refractivity contribution is 5.92. The van der Waals surface area contributed by atoms with Crippen molar-refractivity contribution in [2.24, 2.45) is 0 Å². The van der Waals surface area contributed by atoms with Crippen molar-refractivity contribution < 1.29 is 4.79 Å². The van der Waals surface area contributed by atoms with Crippen LogP contribution in [0.25, 0.3) is 17.0 Å². The van der Waals surface area contributed by atoms with Crippen LogP contribution in [0.4, 0.5) is 5.69 Å². The summed E-state index contributed by atoms with van der Waals surface area (Å²) < 4.78 is 1.20. The van der Waals surface area contributed by atoms with E-state index in [1.807, 2.05) is 25.1 Å². The highest BCUT2D eigenvalue weighted by Gasteiger charge is 2.20. The molecule has 1 saturated heterocycles. The van der Waals surface area contributed by atoms with Crippen LogP contribution in [0.15, 0.2) is 40.4 Å². The Morgan fingerprint density at radius 3 is 2.56 bits per heavy atom. The van der Waals surface area contributed by atoms with E-state index < -0.39 is 5.69 Å². The van der Waals surface area contributed by atoms with Gasteiger partial charge in [-0.1, -0.05) is 12.7 Å². The molecular formula is C25H30N6O3. The Morgan fingerprint density at radius 2 is 1.94 bits per heavy atom. The number of amides is 1. The molecule has 0 saturated carbocycles. The third-order valence-electron chi connectivity index (χ3n) is 6.35. The van der Waals surface area contributed by atoms with Crippen LogP contribution in [-0.2, 0) is 13.1 Å². The smallest absolute Gasteiger partial charge is 0.328 e. The van der Waals surface area contributed by atoms with Gasteiger partial charge in [0.2, 0.25) is 0 Å². The van der Waals surface area contributed by atoms with E-state index in [0.29, 0.717) is 29.7 Å². The molecule has 4 rings (SSSR count). The van der Waals surface area contributed by atoms with Gasteiger partial charge in [-0.2, -0.15) is 0 Å². The van der Waals surface area contributed by atoms with Gasteiger partial charge in [0, 0.05) is 46.3 Å². The van der Waals surface area contributed by atoms with E-state index in [2.05, 4.69) is 31.7 Å². The number of aromatic nitrogens is 3. The van der Waals surface area contributed by atoms with E-state index in [1.54, 1.807) is 26.1 Å². The van der Waals surface area contributed by atoms with Gasteiger partial charge in [0.05, 0.1) is 22.3 Å². The quantitative estimate of drug-likeness (QED) is 0.579. The number of hydrogen-bond acceptors (Lipinski definition) is 6. The average molecular weight is 463 g/mol. The third-order valence-corrected chi connectivity index (χ3v) is 6.35. The van der Waals surface area contributed by atoms with E-state index in [4.69, 9.17) is 0 Å². The van der Waals surface area contributed by atoms with Crippen LogP contribution in [-0.4, -0.2) is 58.6 Å². The minimum atomic E-state index is -0.396. The van der Waals surface area contributed by atoms with E-state index in [1.165, 1.54) is 4.57 Å². The van der Waals surface area contributed by atoms with Crippen molar-refractivity contribution in [1.82, 2.24) is 24.8 Å². The van der Waals surface area contributed by atoms with E-state index >= 15 is 0 Å². The van der Waals surface area contributed by atoms with Crippen LogP contribution in [0, 0.1) is 6.92 Å². The SMILES string of the molecule is C=Cc1cc(CN2CCN(c3ccc(C(=O)NC)nc3C)CC2)cc2[nH]c(=O)n(CC)c(=O)c12. The molecule has 0 atom stereocenters. The number of carbonyl (C=O) groups excluding carboxylic acids is 1. The molecule has 0 unspecified atom stereocenters. The second-order valence-electron chi connectivity index (χ2n) is 8.43. The molecular weight excluding hydrogens is 432 g/mol. The Kier molecular flexibility index (Phi) is 6.65. The van der Waals surface area contributed by atoms with Gasteiger partial charge in [-0.3, -0.25) is 19.1 Å². The molecule has 1 fully saturated rings. The van der Waals surface area contributed by atoms with Crippen molar-refractivity contribution in [1.29, 1.82) is 0 Å². The topological polar surface area (TPSA) is 103 Å². The zero-order valence-corrected chi connectivity index (χ0v) is 19.9. The molecule has 1 aliphatic heterocycles. The molecule has 3 heterocycles. The number of aromatic amines is 1. The predicted molar refractivity (Wildman–Crippen MR) is 134 cm³/mol. The maximum atomic E-state index is 12.8. The summed E-state index contributed by atoms with van der Waals surface area (Å²) in [6, 6.07) is 7.59. The van der Waals surface area contributed by atoms with Gasteiger partial charge in [0.15, 0.2) is 0 Å². The van der Waals surface area contributed by atoms with Gasteiger partial charge in [0.1, 0.15) is 5.69 Å². The number of benzene rings is 1. The second kappa shape index (κ2) is 9.64. The largest absolute Gasteiger partial charge is 0.368 e. The first-order valence-electron chi connectivity index (χ1n) is 11.5. The summed E-state index contributed by atoms with van der Waals surface area (Å²) in [5.74, 6) is -0.191. The fraction of sp³-hybridized carbons (Fsp3) is 0.360. The highest BCUT2D eigenvalue weighted by atomic mass is 16.2. The maximum absolute atomic E-state index is 12.8. The molecule has 1 amide bonds. The number of piperazine rings is 1. The number of pyridine rings is 1. The number of nitrogens with one attached hydrogen (secondary N) is 2. The predicted octanol–water partition coefficient (Wildman–Crippen LogP) is 1.74. The summed E-state index contributed by atoms with van der Waals surface area (Å²) in [5.41, 5.74) is 3.90. The Balaban J connectivity index is 1.51. The van der Waals surface area contributed by atoms with Crippen molar-refractivity contribution in [2.75, 3.05) is 38.1 Å². The minimum Gasteiger partial charge on any atom is -0.368 e. The Labute approximate surface area is 197 Å². The first-order valence-corrected chi connectivity index (χ1v) is 11.5. The molecule has 0 radical (unpaired) electrons. The minimum absolute atomic E-state index is 0.191. The number of aryl methyl sites for hydroxylation is 1. The monoisotopic (exact) mass is 462 g/mol. The van der Waals surface area contributed by atoms with Crippen molar-refractivity contribution in [3.63, 3.8) is 0 Å². The van der Waals surface area contributed by atoms with Crippen LogP contribution >= 0.6 is 0 Å². The summed E-state index contributed by atoms with van der Waals surface area (Å²) in [6.45, 7) is 12.0. The number of hydrogen-bond donors (Lipinski definition) is 2. The fourth-order valence-electron chi connectivity index (χ4n) is 4.56. The summed E-state index contributed by atoms with van der Waals surface area (Å²) in [6.07, 6.45) is 1.67. The highest BCUT2D eigenvalue weighted by Crippen LogP contribution is 2.22. The lowest BCUT2D eigenvalue weighted by Gasteiger charge is -2.36. The number of carbonyl (C=O) groups is 1. The molecule has 9 heteroatoms. The molecule has 0 aliphatic carbocycles. The average Bonchev–Trinajstić information content (AvgIpc) is 2.83. The van der Waals surface area contributed by atoms with E-state index in [-0.39, 0.29) is 11.5 Å². The van der Waals surface area contributed by atoms with Crippen LogP contribution in [0.3, 0.4) is 0 Å². The molecule has 1 aliphatic rings. The zero-order valence-electron chi connectivity index (χ0n) is 19.9. The molecule has 1 aromatic carbocycles. The second-order valence-corrected chi connectivity index (χ2v) is 8.43. The molecule has 2 aromatic heterocycles. The van der Waals surface area contributed by atoms with Gasteiger partial charge >= 0.3 is 5.69 Å². The van der Waals surface area contributed by atoms with Gasteiger partial charge < -0.3 is 15.2 Å². The van der Waals surface area contributed by atoms with Crippen molar-refractivity contribution in [3.8, 4) is 0 Å². The number of fused-ring (bicyclic) bond motifs is 1. The lowest BCUT2D eigenvalue weighted by molar-refractivity contribution is 0.0958. The lowest BCUT2D eigenvalue weighted by Crippen LogP contribution is -2.46. The Bertz CT molecular complexity index is 1370. The van der Waals surface area contributed by atoms with Crippen LogP contribution in [0.2, 0.25) is 0 Å².